The Morgan fingerprint density at radius 3 is 1.21 bits per heavy atom. The van der Waals surface area contributed by atoms with Gasteiger partial charge in [0.25, 0.3) is 0 Å². The lowest BCUT2D eigenvalue weighted by atomic mass is 10.0. The van der Waals surface area contributed by atoms with Gasteiger partial charge in [-0.2, -0.15) is 0 Å². The number of unbranched alkanes of at least 4 members (excludes halogenated alkanes) is 20. The van der Waals surface area contributed by atoms with Gasteiger partial charge in [0.15, 0.2) is 0 Å². The van der Waals surface area contributed by atoms with Crippen molar-refractivity contribution in [1.29, 1.82) is 0 Å². The van der Waals surface area contributed by atoms with Gasteiger partial charge >= 0.3 is 0 Å². The van der Waals surface area contributed by atoms with Gasteiger partial charge < -0.3 is 10.2 Å². The summed E-state index contributed by atoms with van der Waals surface area (Å²) in [6.07, 6.45) is 29.5. The van der Waals surface area contributed by atoms with Crippen LogP contribution in [0.15, 0.2) is 18.2 Å². The second kappa shape index (κ2) is 22.0. The number of hydrogen-bond donors (Lipinski definition) is 2. The van der Waals surface area contributed by atoms with Crippen LogP contribution in [-0.2, 0) is 11.2 Å². The molecule has 0 fully saturated rings. The Balaban J connectivity index is 1.77. The van der Waals surface area contributed by atoms with Gasteiger partial charge in [-0.3, -0.25) is 4.79 Å². The summed E-state index contributed by atoms with van der Waals surface area (Å²) in [6.45, 7) is 2.29. The van der Waals surface area contributed by atoms with E-state index < -0.39 is 0 Å². The van der Waals surface area contributed by atoms with Gasteiger partial charge in [-0.25, -0.2) is 0 Å². The van der Waals surface area contributed by atoms with Crippen LogP contribution in [0.5, 0.6) is 11.5 Å². The van der Waals surface area contributed by atoms with E-state index >= 15 is 0 Å². The van der Waals surface area contributed by atoms with Crippen LogP contribution >= 0.6 is 0 Å². The number of carbonyl (C=O) groups is 1. The maximum absolute atomic E-state index is 12.1. The van der Waals surface area contributed by atoms with Crippen LogP contribution in [0.1, 0.15) is 154 Å². The summed E-state index contributed by atoms with van der Waals surface area (Å²) in [4.78, 5) is 12.1. The summed E-state index contributed by atoms with van der Waals surface area (Å²) in [5.74, 6) is 0.205. The van der Waals surface area contributed by atoms with Crippen LogP contribution < -0.4 is 0 Å². The summed E-state index contributed by atoms with van der Waals surface area (Å²) in [5.41, 5.74) is 0.686. The standard InChI is InChI=1S/C31H54O3/c1-2-3-4-5-6-7-8-9-10-11-12-13-14-15-16-17-18-19-20-21-22-23-29(32)24-28-25-30(33)27-31(34)26-28/h25-27,33-34H,2-24H2,1H3. The Morgan fingerprint density at radius 2 is 0.853 bits per heavy atom. The van der Waals surface area contributed by atoms with Crippen molar-refractivity contribution in [2.75, 3.05) is 0 Å². The zero-order chi connectivity index (χ0) is 24.7. The van der Waals surface area contributed by atoms with Crippen LogP contribution in [0.2, 0.25) is 0 Å². The third-order valence-corrected chi connectivity index (χ3v) is 6.92. The van der Waals surface area contributed by atoms with E-state index in [0.717, 1.165) is 12.8 Å². The average Bonchev–Trinajstić information content (AvgIpc) is 2.79. The molecule has 2 N–H and O–H groups in total. The van der Waals surface area contributed by atoms with E-state index in [1.54, 1.807) is 12.1 Å². The van der Waals surface area contributed by atoms with Crippen LogP contribution in [0, 0.1) is 0 Å². The number of benzene rings is 1. The quantitative estimate of drug-likeness (QED) is 0.147. The molecule has 3 nitrogen and oxygen atoms in total. The minimum Gasteiger partial charge on any atom is -0.508 e. The number of phenols is 2. The number of Topliss-reactive ketones (excluding diaryl/α,β-unsaturated/α-hetero) is 1. The molecule has 0 aliphatic carbocycles. The van der Waals surface area contributed by atoms with Crippen LogP contribution in [-0.4, -0.2) is 16.0 Å². The van der Waals surface area contributed by atoms with Crippen molar-refractivity contribution in [3.05, 3.63) is 23.8 Å². The summed E-state index contributed by atoms with van der Waals surface area (Å²) < 4.78 is 0. The molecule has 0 saturated carbocycles. The third kappa shape index (κ3) is 18.9. The molecule has 0 unspecified atom stereocenters. The fourth-order valence-electron chi connectivity index (χ4n) is 4.83. The van der Waals surface area contributed by atoms with Crippen molar-refractivity contribution in [1.82, 2.24) is 0 Å². The van der Waals surface area contributed by atoms with E-state index in [-0.39, 0.29) is 17.3 Å². The second-order valence-electron chi connectivity index (χ2n) is 10.4. The Labute approximate surface area is 210 Å². The van der Waals surface area contributed by atoms with Gasteiger partial charge in [-0.15, -0.1) is 0 Å². The van der Waals surface area contributed by atoms with E-state index in [2.05, 4.69) is 6.92 Å². The van der Waals surface area contributed by atoms with Gasteiger partial charge in [0.1, 0.15) is 17.3 Å². The van der Waals surface area contributed by atoms with Crippen molar-refractivity contribution >= 4 is 5.78 Å². The Bertz CT molecular complexity index is 590. The highest BCUT2D eigenvalue weighted by Crippen LogP contribution is 2.21. The topological polar surface area (TPSA) is 57.5 Å². The fourth-order valence-corrected chi connectivity index (χ4v) is 4.83. The molecule has 1 rings (SSSR count). The van der Waals surface area contributed by atoms with Crippen LogP contribution in [0.25, 0.3) is 0 Å². The van der Waals surface area contributed by atoms with Gasteiger partial charge in [-0.1, -0.05) is 135 Å². The summed E-state index contributed by atoms with van der Waals surface area (Å²) >= 11 is 0. The summed E-state index contributed by atoms with van der Waals surface area (Å²) in [7, 11) is 0. The first-order valence-corrected chi connectivity index (χ1v) is 14.7. The largest absolute Gasteiger partial charge is 0.508 e. The van der Waals surface area contributed by atoms with Gasteiger partial charge in [0, 0.05) is 18.9 Å². The molecule has 0 radical (unpaired) electrons. The number of ketones is 1. The molecule has 0 aliphatic rings. The Kier molecular flexibility index (Phi) is 19.7. The van der Waals surface area contributed by atoms with Gasteiger partial charge in [-0.05, 0) is 24.1 Å². The van der Waals surface area contributed by atoms with Crippen molar-refractivity contribution in [2.45, 2.75) is 155 Å². The lowest BCUT2D eigenvalue weighted by Crippen LogP contribution is -2.02. The highest BCUT2D eigenvalue weighted by atomic mass is 16.3. The predicted molar refractivity (Wildman–Crippen MR) is 146 cm³/mol. The normalized spacial score (nSPS) is 11.2. The molecule has 1 aromatic rings. The molecule has 3 heteroatoms. The molecule has 1 aromatic carbocycles. The lowest BCUT2D eigenvalue weighted by molar-refractivity contribution is -0.118. The summed E-state index contributed by atoms with van der Waals surface area (Å²) in [6, 6.07) is 4.39. The molecule has 0 amide bonds. The number of rotatable bonds is 24. The molecule has 34 heavy (non-hydrogen) atoms. The first kappa shape index (κ1) is 30.5. The molecule has 0 heterocycles. The van der Waals surface area contributed by atoms with E-state index in [0.29, 0.717) is 18.4 Å². The van der Waals surface area contributed by atoms with Crippen LogP contribution in [0.4, 0.5) is 0 Å². The van der Waals surface area contributed by atoms with Crippen molar-refractivity contribution in [3.8, 4) is 11.5 Å². The average molecular weight is 475 g/mol. The van der Waals surface area contributed by atoms with Gasteiger partial charge in [0.2, 0.25) is 0 Å². The minimum atomic E-state index is 0.0110. The van der Waals surface area contributed by atoms with E-state index in [1.807, 2.05) is 0 Å². The molecular formula is C31H54O3. The predicted octanol–water partition coefficient (Wildman–Crippen LogP) is 9.81. The smallest absolute Gasteiger partial charge is 0.137 e. The maximum atomic E-state index is 12.1. The molecule has 0 saturated heterocycles. The van der Waals surface area contributed by atoms with Crippen molar-refractivity contribution < 1.29 is 15.0 Å². The monoisotopic (exact) mass is 474 g/mol. The molecule has 0 atom stereocenters. The number of aromatic hydroxyl groups is 2. The fraction of sp³-hybridized carbons (Fsp3) is 0.774. The third-order valence-electron chi connectivity index (χ3n) is 6.92. The zero-order valence-corrected chi connectivity index (χ0v) is 22.3. The van der Waals surface area contributed by atoms with Crippen LogP contribution in [0.3, 0.4) is 0 Å². The Hall–Kier alpha value is -1.51. The first-order chi connectivity index (χ1) is 16.6. The Morgan fingerprint density at radius 1 is 0.529 bits per heavy atom. The second-order valence-corrected chi connectivity index (χ2v) is 10.4. The van der Waals surface area contributed by atoms with Gasteiger partial charge in [0.05, 0.1) is 0 Å². The number of phenolic OH excluding ortho intramolecular Hbond substituents is 2. The van der Waals surface area contributed by atoms with E-state index in [4.69, 9.17) is 0 Å². The summed E-state index contributed by atoms with van der Waals surface area (Å²) in [5, 5.41) is 19.0. The molecule has 0 aliphatic heterocycles. The van der Waals surface area contributed by atoms with E-state index in [9.17, 15) is 15.0 Å². The first-order valence-electron chi connectivity index (χ1n) is 14.7. The van der Waals surface area contributed by atoms with Crippen molar-refractivity contribution in [2.24, 2.45) is 0 Å². The van der Waals surface area contributed by atoms with E-state index in [1.165, 1.54) is 128 Å². The highest BCUT2D eigenvalue weighted by molar-refractivity contribution is 5.81. The minimum absolute atomic E-state index is 0.0110. The molecule has 0 aromatic heterocycles. The molecular weight excluding hydrogens is 420 g/mol. The lowest BCUT2D eigenvalue weighted by Gasteiger charge is -2.05. The molecule has 0 bridgehead atoms. The molecule has 196 valence electrons. The SMILES string of the molecule is CCCCCCCCCCCCCCCCCCCCCCCC(=O)Cc1cc(O)cc(O)c1. The zero-order valence-electron chi connectivity index (χ0n) is 22.3. The highest BCUT2D eigenvalue weighted by Gasteiger charge is 2.06. The number of carbonyl (C=O) groups excluding carboxylic acids is 1. The number of hydrogen-bond acceptors (Lipinski definition) is 3. The maximum Gasteiger partial charge on any atom is 0.137 e. The van der Waals surface area contributed by atoms with Crippen molar-refractivity contribution in [3.63, 3.8) is 0 Å². The molecule has 0 spiro atoms.